The van der Waals surface area contributed by atoms with E-state index in [0.717, 1.165) is 14.9 Å². The molecule has 0 radical (unpaired) electrons. The number of hydrogen-bond acceptors (Lipinski definition) is 6. The van der Waals surface area contributed by atoms with Gasteiger partial charge in [0.1, 0.15) is 0 Å². The van der Waals surface area contributed by atoms with Crippen LogP contribution < -0.4 is 5.32 Å². The number of halogens is 1. The average Bonchev–Trinajstić information content (AvgIpc) is 2.88. The summed E-state index contributed by atoms with van der Waals surface area (Å²) in [5.74, 6) is 0.990. The number of carbonyl (C=O) groups is 1. The van der Waals surface area contributed by atoms with Crippen molar-refractivity contribution in [2.45, 2.75) is 10.1 Å². The maximum Gasteiger partial charge on any atom is 0.236 e. The number of amides is 1. The second-order valence-corrected chi connectivity index (χ2v) is 7.13. The molecule has 20 heavy (non-hydrogen) atoms. The van der Waals surface area contributed by atoms with Crippen molar-refractivity contribution in [1.29, 1.82) is 0 Å². The summed E-state index contributed by atoms with van der Waals surface area (Å²) in [5.41, 5.74) is 1.03. The molecule has 0 fully saturated rings. The van der Waals surface area contributed by atoms with E-state index in [9.17, 15) is 4.79 Å². The zero-order valence-corrected chi connectivity index (χ0v) is 13.8. The van der Waals surface area contributed by atoms with Crippen LogP contribution >= 0.6 is 46.5 Å². The highest BCUT2D eigenvalue weighted by molar-refractivity contribution is 8.00. The first-order valence-electron chi connectivity index (χ1n) is 5.67. The first-order chi connectivity index (χ1) is 9.69. The first kappa shape index (κ1) is 15.6. The van der Waals surface area contributed by atoms with E-state index in [1.165, 1.54) is 34.9 Å². The molecule has 2 aromatic rings. The zero-order valence-electron chi connectivity index (χ0n) is 10.6. The van der Waals surface area contributed by atoms with Gasteiger partial charge in [-0.1, -0.05) is 52.9 Å². The molecule has 0 aliphatic rings. The van der Waals surface area contributed by atoms with Crippen molar-refractivity contribution in [3.05, 3.63) is 34.9 Å². The van der Waals surface area contributed by atoms with Gasteiger partial charge in [-0.25, -0.2) is 0 Å². The van der Waals surface area contributed by atoms with Gasteiger partial charge in [0.05, 0.1) is 5.75 Å². The maximum atomic E-state index is 11.8. The number of benzene rings is 1. The predicted molar refractivity (Wildman–Crippen MR) is 87.9 cm³/mol. The van der Waals surface area contributed by atoms with Gasteiger partial charge in [0, 0.05) is 10.8 Å². The van der Waals surface area contributed by atoms with Crippen LogP contribution in [0.3, 0.4) is 0 Å². The van der Waals surface area contributed by atoms with Crippen LogP contribution in [0.1, 0.15) is 5.56 Å². The van der Waals surface area contributed by atoms with E-state index < -0.39 is 0 Å². The molecule has 1 aromatic carbocycles. The fourth-order valence-electron chi connectivity index (χ4n) is 1.37. The largest absolute Gasteiger partial charge is 0.300 e. The van der Waals surface area contributed by atoms with Crippen molar-refractivity contribution < 1.29 is 4.79 Å². The molecular formula is C12H12ClN3OS3. The second kappa shape index (κ2) is 7.87. The van der Waals surface area contributed by atoms with E-state index in [-0.39, 0.29) is 5.91 Å². The Bertz CT molecular complexity index is 591. The van der Waals surface area contributed by atoms with Gasteiger partial charge in [0.25, 0.3) is 0 Å². The number of nitrogens with one attached hydrogen (secondary N) is 1. The molecule has 8 heteroatoms. The van der Waals surface area contributed by atoms with Gasteiger partial charge in [-0.05, 0) is 17.9 Å². The van der Waals surface area contributed by atoms with Crippen LogP contribution in [0.4, 0.5) is 5.13 Å². The Kier molecular flexibility index (Phi) is 6.15. The minimum Gasteiger partial charge on any atom is -0.300 e. The Morgan fingerprint density at radius 1 is 1.40 bits per heavy atom. The average molecular weight is 346 g/mol. The Balaban J connectivity index is 1.77. The van der Waals surface area contributed by atoms with Crippen LogP contribution in [-0.2, 0) is 10.5 Å². The van der Waals surface area contributed by atoms with Gasteiger partial charge in [0.15, 0.2) is 4.34 Å². The van der Waals surface area contributed by atoms with Crippen LogP contribution in [0.5, 0.6) is 0 Å². The predicted octanol–water partition coefficient (Wildman–Crippen LogP) is 3.79. The Morgan fingerprint density at radius 3 is 2.90 bits per heavy atom. The molecule has 0 aliphatic carbocycles. The highest BCUT2D eigenvalue weighted by Crippen LogP contribution is 2.24. The number of nitrogens with zero attached hydrogens (tertiary/aromatic N) is 2. The number of hydrogen-bond donors (Lipinski definition) is 1. The zero-order chi connectivity index (χ0) is 14.4. The number of aromatic nitrogens is 2. The molecule has 1 N–H and O–H groups in total. The third-order valence-electron chi connectivity index (χ3n) is 2.28. The highest BCUT2D eigenvalue weighted by Gasteiger charge is 2.08. The summed E-state index contributed by atoms with van der Waals surface area (Å²) in [6.45, 7) is 0. The standard InChI is InChI=1S/C12H12ClN3OS3/c1-18-12-16-15-11(20-12)14-10(17)7-19-6-8-4-2-3-5-9(8)13/h2-5H,6-7H2,1H3,(H,14,15,17). The minimum atomic E-state index is -0.0779. The molecule has 1 heterocycles. The molecule has 1 aromatic heterocycles. The number of rotatable bonds is 6. The van der Waals surface area contributed by atoms with Crippen LogP contribution in [0.2, 0.25) is 5.02 Å². The van der Waals surface area contributed by atoms with E-state index in [4.69, 9.17) is 11.6 Å². The molecule has 0 unspecified atom stereocenters. The fourth-order valence-corrected chi connectivity index (χ4v) is 3.67. The molecular weight excluding hydrogens is 334 g/mol. The Labute approximate surface area is 134 Å². The lowest BCUT2D eigenvalue weighted by Gasteiger charge is -2.03. The number of anilines is 1. The van der Waals surface area contributed by atoms with E-state index in [0.29, 0.717) is 16.6 Å². The molecule has 0 saturated carbocycles. The van der Waals surface area contributed by atoms with E-state index >= 15 is 0 Å². The first-order valence-corrected chi connectivity index (χ1v) is 9.25. The summed E-state index contributed by atoms with van der Waals surface area (Å²) in [6, 6.07) is 7.64. The summed E-state index contributed by atoms with van der Waals surface area (Å²) < 4.78 is 0.837. The van der Waals surface area contributed by atoms with E-state index in [1.54, 1.807) is 0 Å². The van der Waals surface area contributed by atoms with E-state index in [1.807, 2.05) is 30.5 Å². The fraction of sp³-hybridized carbons (Fsp3) is 0.250. The molecule has 106 valence electrons. The van der Waals surface area contributed by atoms with Crippen molar-refractivity contribution in [3.63, 3.8) is 0 Å². The van der Waals surface area contributed by atoms with Gasteiger partial charge in [-0.2, -0.15) is 0 Å². The Morgan fingerprint density at radius 2 is 2.20 bits per heavy atom. The summed E-state index contributed by atoms with van der Waals surface area (Å²) in [6.07, 6.45) is 1.92. The number of thioether (sulfide) groups is 2. The summed E-state index contributed by atoms with van der Waals surface area (Å²) >= 11 is 10.4. The van der Waals surface area contributed by atoms with Gasteiger partial charge >= 0.3 is 0 Å². The molecule has 0 bridgehead atoms. The van der Waals surface area contributed by atoms with Gasteiger partial charge < -0.3 is 0 Å². The van der Waals surface area contributed by atoms with Gasteiger partial charge in [-0.15, -0.1) is 22.0 Å². The van der Waals surface area contributed by atoms with E-state index in [2.05, 4.69) is 15.5 Å². The highest BCUT2D eigenvalue weighted by atomic mass is 35.5. The molecule has 2 rings (SSSR count). The quantitative estimate of drug-likeness (QED) is 0.637. The van der Waals surface area contributed by atoms with Crippen molar-refractivity contribution in [2.24, 2.45) is 0 Å². The van der Waals surface area contributed by atoms with Crippen LogP contribution in [0.15, 0.2) is 28.6 Å². The van der Waals surface area contributed by atoms with Crippen LogP contribution in [0, 0.1) is 0 Å². The molecule has 1 amide bonds. The lowest BCUT2D eigenvalue weighted by Crippen LogP contribution is -2.14. The number of carbonyl (C=O) groups excluding carboxylic acids is 1. The molecule has 0 saturated heterocycles. The van der Waals surface area contributed by atoms with Gasteiger partial charge in [0.2, 0.25) is 11.0 Å². The smallest absolute Gasteiger partial charge is 0.236 e. The van der Waals surface area contributed by atoms with Crippen molar-refractivity contribution in [2.75, 3.05) is 17.3 Å². The monoisotopic (exact) mass is 345 g/mol. The van der Waals surface area contributed by atoms with Crippen molar-refractivity contribution >= 4 is 57.5 Å². The molecule has 4 nitrogen and oxygen atoms in total. The maximum absolute atomic E-state index is 11.8. The minimum absolute atomic E-state index is 0.0779. The topological polar surface area (TPSA) is 54.9 Å². The Hall–Kier alpha value is -0.760. The van der Waals surface area contributed by atoms with Crippen LogP contribution in [0.25, 0.3) is 0 Å². The summed E-state index contributed by atoms with van der Waals surface area (Å²) in [5, 5.41) is 11.8. The van der Waals surface area contributed by atoms with Crippen LogP contribution in [-0.4, -0.2) is 28.1 Å². The summed E-state index contributed by atoms with van der Waals surface area (Å²) in [7, 11) is 0. The molecule has 0 atom stereocenters. The second-order valence-electron chi connectivity index (χ2n) is 3.71. The third kappa shape index (κ3) is 4.66. The van der Waals surface area contributed by atoms with Crippen molar-refractivity contribution in [1.82, 2.24) is 10.2 Å². The van der Waals surface area contributed by atoms with Crippen molar-refractivity contribution in [3.8, 4) is 0 Å². The molecule has 0 spiro atoms. The SMILES string of the molecule is CSc1nnc(NC(=O)CSCc2ccccc2Cl)s1. The van der Waals surface area contributed by atoms with Gasteiger partial charge in [-0.3, -0.25) is 10.1 Å². The summed E-state index contributed by atoms with van der Waals surface area (Å²) in [4.78, 5) is 11.8. The lowest BCUT2D eigenvalue weighted by molar-refractivity contribution is -0.113. The molecule has 0 aliphatic heterocycles. The normalized spacial score (nSPS) is 10.5. The third-order valence-corrected chi connectivity index (χ3v) is 5.44. The lowest BCUT2D eigenvalue weighted by atomic mass is 10.2.